The summed E-state index contributed by atoms with van der Waals surface area (Å²) in [4.78, 5) is 7.97. The smallest absolute Gasteiger partial charge is 0.220 e. The van der Waals surface area contributed by atoms with Crippen LogP contribution in [0, 0.1) is 6.92 Å². The zero-order chi connectivity index (χ0) is 9.42. The van der Waals surface area contributed by atoms with E-state index in [9.17, 15) is 0 Å². The SMILES string of the molecule is Cc1cc2nc(N)ncc2cc1Cl. The average molecular weight is 194 g/mol. The van der Waals surface area contributed by atoms with E-state index in [4.69, 9.17) is 17.3 Å². The van der Waals surface area contributed by atoms with Crippen LogP contribution >= 0.6 is 11.6 Å². The van der Waals surface area contributed by atoms with Gasteiger partial charge in [-0.15, -0.1) is 0 Å². The highest BCUT2D eigenvalue weighted by Gasteiger charge is 2.00. The number of anilines is 1. The number of aromatic nitrogens is 2. The maximum Gasteiger partial charge on any atom is 0.220 e. The fourth-order valence-corrected chi connectivity index (χ4v) is 1.34. The van der Waals surface area contributed by atoms with E-state index >= 15 is 0 Å². The van der Waals surface area contributed by atoms with Crippen LogP contribution in [0.3, 0.4) is 0 Å². The standard InChI is InChI=1S/C9H8ClN3/c1-5-2-8-6(3-7(5)10)4-12-9(11)13-8/h2-4H,1H3,(H2,11,12,13). The first kappa shape index (κ1) is 8.26. The van der Waals surface area contributed by atoms with Gasteiger partial charge in [0.25, 0.3) is 0 Å². The average Bonchev–Trinajstić information content (AvgIpc) is 2.08. The van der Waals surface area contributed by atoms with Crippen molar-refractivity contribution < 1.29 is 0 Å². The number of nitrogens with zero attached hydrogens (tertiary/aromatic N) is 2. The van der Waals surface area contributed by atoms with E-state index < -0.39 is 0 Å². The van der Waals surface area contributed by atoms with Gasteiger partial charge in [-0.3, -0.25) is 0 Å². The van der Waals surface area contributed by atoms with Crippen molar-refractivity contribution in [2.45, 2.75) is 6.92 Å². The Morgan fingerprint density at radius 2 is 2.15 bits per heavy atom. The van der Waals surface area contributed by atoms with Crippen molar-refractivity contribution in [3.63, 3.8) is 0 Å². The van der Waals surface area contributed by atoms with Gasteiger partial charge in [-0.1, -0.05) is 11.6 Å². The number of fused-ring (bicyclic) bond motifs is 1. The molecular formula is C9H8ClN3. The molecule has 1 heterocycles. The monoisotopic (exact) mass is 193 g/mol. The lowest BCUT2D eigenvalue weighted by atomic mass is 10.2. The van der Waals surface area contributed by atoms with Crippen LogP contribution in [0.15, 0.2) is 18.3 Å². The highest BCUT2D eigenvalue weighted by atomic mass is 35.5. The van der Waals surface area contributed by atoms with E-state index in [-0.39, 0.29) is 5.95 Å². The van der Waals surface area contributed by atoms with E-state index in [0.717, 1.165) is 21.5 Å². The predicted molar refractivity (Wildman–Crippen MR) is 53.7 cm³/mol. The number of nitrogen functional groups attached to an aromatic ring is 1. The quantitative estimate of drug-likeness (QED) is 0.698. The molecule has 3 nitrogen and oxygen atoms in total. The lowest BCUT2D eigenvalue weighted by molar-refractivity contribution is 1.23. The van der Waals surface area contributed by atoms with Crippen LogP contribution in [0.2, 0.25) is 5.02 Å². The second-order valence-electron chi connectivity index (χ2n) is 2.89. The van der Waals surface area contributed by atoms with E-state index in [1.165, 1.54) is 0 Å². The number of hydrogen-bond acceptors (Lipinski definition) is 3. The van der Waals surface area contributed by atoms with Crippen LogP contribution < -0.4 is 5.73 Å². The highest BCUT2D eigenvalue weighted by molar-refractivity contribution is 6.32. The topological polar surface area (TPSA) is 51.8 Å². The van der Waals surface area contributed by atoms with Crippen LogP contribution in [0.25, 0.3) is 10.9 Å². The molecule has 2 rings (SSSR count). The van der Waals surface area contributed by atoms with Gasteiger partial charge in [-0.2, -0.15) is 0 Å². The maximum absolute atomic E-state index is 5.94. The molecule has 0 aliphatic rings. The zero-order valence-electron chi connectivity index (χ0n) is 7.08. The van der Waals surface area contributed by atoms with Crippen LogP contribution in [0.5, 0.6) is 0 Å². The summed E-state index contributed by atoms with van der Waals surface area (Å²) in [6.45, 7) is 1.93. The number of aryl methyl sites for hydroxylation is 1. The van der Waals surface area contributed by atoms with Crippen molar-refractivity contribution in [1.29, 1.82) is 0 Å². The molecule has 2 aromatic rings. The summed E-state index contributed by atoms with van der Waals surface area (Å²) in [6.07, 6.45) is 1.67. The van der Waals surface area contributed by atoms with Crippen LogP contribution in [0.1, 0.15) is 5.56 Å². The van der Waals surface area contributed by atoms with Crippen molar-refractivity contribution in [2.75, 3.05) is 5.73 Å². The zero-order valence-corrected chi connectivity index (χ0v) is 7.84. The number of rotatable bonds is 0. The number of halogens is 1. The Bertz CT molecular complexity index is 468. The fourth-order valence-electron chi connectivity index (χ4n) is 1.17. The van der Waals surface area contributed by atoms with Crippen LogP contribution in [-0.4, -0.2) is 9.97 Å². The third-order valence-electron chi connectivity index (χ3n) is 1.88. The van der Waals surface area contributed by atoms with Gasteiger partial charge < -0.3 is 5.73 Å². The molecule has 2 N–H and O–H groups in total. The summed E-state index contributed by atoms with van der Waals surface area (Å²) in [6, 6.07) is 3.74. The molecule has 0 aliphatic heterocycles. The molecule has 0 atom stereocenters. The van der Waals surface area contributed by atoms with Crippen molar-refractivity contribution in [2.24, 2.45) is 0 Å². The molecule has 0 unspecified atom stereocenters. The van der Waals surface area contributed by atoms with Crippen molar-refractivity contribution in [3.8, 4) is 0 Å². The minimum Gasteiger partial charge on any atom is -0.368 e. The normalized spacial score (nSPS) is 10.6. The summed E-state index contributed by atoms with van der Waals surface area (Å²) >= 11 is 5.94. The molecule has 0 aliphatic carbocycles. The molecule has 66 valence electrons. The maximum atomic E-state index is 5.94. The molecule has 0 spiro atoms. The summed E-state index contributed by atoms with van der Waals surface area (Å²) in [5.74, 6) is 0.286. The van der Waals surface area contributed by atoms with E-state index in [1.807, 2.05) is 19.1 Å². The van der Waals surface area contributed by atoms with E-state index in [1.54, 1.807) is 6.20 Å². The first-order chi connectivity index (χ1) is 6.16. The van der Waals surface area contributed by atoms with Gasteiger partial charge in [0.2, 0.25) is 5.95 Å². The van der Waals surface area contributed by atoms with Gasteiger partial charge in [0.1, 0.15) is 0 Å². The molecular weight excluding hydrogens is 186 g/mol. The first-order valence-electron chi connectivity index (χ1n) is 3.85. The number of nitrogens with two attached hydrogens (primary N) is 1. The summed E-state index contributed by atoms with van der Waals surface area (Å²) in [7, 11) is 0. The third-order valence-corrected chi connectivity index (χ3v) is 2.29. The largest absolute Gasteiger partial charge is 0.368 e. The number of benzene rings is 1. The predicted octanol–water partition coefficient (Wildman–Crippen LogP) is 2.17. The molecule has 0 saturated carbocycles. The van der Waals surface area contributed by atoms with E-state index in [2.05, 4.69) is 9.97 Å². The molecule has 0 fully saturated rings. The van der Waals surface area contributed by atoms with Crippen LogP contribution in [0.4, 0.5) is 5.95 Å². The lowest BCUT2D eigenvalue weighted by Crippen LogP contribution is -1.94. The lowest BCUT2D eigenvalue weighted by Gasteiger charge is -2.01. The highest BCUT2D eigenvalue weighted by Crippen LogP contribution is 2.21. The van der Waals surface area contributed by atoms with Crippen molar-refractivity contribution >= 4 is 28.5 Å². The minimum atomic E-state index is 0.286. The molecule has 0 bridgehead atoms. The fraction of sp³-hybridized carbons (Fsp3) is 0.111. The Balaban J connectivity index is 2.81. The molecule has 0 radical (unpaired) electrons. The molecule has 1 aromatic heterocycles. The van der Waals surface area contributed by atoms with Gasteiger partial charge >= 0.3 is 0 Å². The molecule has 0 amide bonds. The molecule has 4 heteroatoms. The van der Waals surface area contributed by atoms with Gasteiger partial charge in [-0.05, 0) is 24.6 Å². The minimum absolute atomic E-state index is 0.286. The van der Waals surface area contributed by atoms with E-state index in [0.29, 0.717) is 0 Å². The third kappa shape index (κ3) is 1.42. The van der Waals surface area contributed by atoms with Gasteiger partial charge in [0, 0.05) is 16.6 Å². The van der Waals surface area contributed by atoms with Gasteiger partial charge in [0.05, 0.1) is 5.52 Å². The Labute approximate surface area is 80.6 Å². The second kappa shape index (κ2) is 2.85. The Morgan fingerprint density at radius 1 is 1.38 bits per heavy atom. The molecule has 0 saturated heterocycles. The van der Waals surface area contributed by atoms with Crippen LogP contribution in [-0.2, 0) is 0 Å². The number of hydrogen-bond donors (Lipinski definition) is 1. The Morgan fingerprint density at radius 3 is 2.92 bits per heavy atom. The summed E-state index contributed by atoms with van der Waals surface area (Å²) in [5.41, 5.74) is 7.28. The van der Waals surface area contributed by atoms with Crippen molar-refractivity contribution in [3.05, 3.63) is 28.9 Å². The molecule has 1 aromatic carbocycles. The molecule has 13 heavy (non-hydrogen) atoms. The first-order valence-corrected chi connectivity index (χ1v) is 4.23. The Hall–Kier alpha value is -1.35. The van der Waals surface area contributed by atoms with Gasteiger partial charge in [-0.25, -0.2) is 9.97 Å². The second-order valence-corrected chi connectivity index (χ2v) is 3.30. The van der Waals surface area contributed by atoms with Gasteiger partial charge in [0.15, 0.2) is 0 Å². The summed E-state index contributed by atoms with van der Waals surface area (Å²) < 4.78 is 0. The summed E-state index contributed by atoms with van der Waals surface area (Å²) in [5, 5.41) is 1.63. The Kier molecular flexibility index (Phi) is 1.81. The van der Waals surface area contributed by atoms with Crippen molar-refractivity contribution in [1.82, 2.24) is 9.97 Å².